The van der Waals surface area contributed by atoms with Gasteiger partial charge in [0.05, 0.1) is 6.61 Å². The second-order valence-electron chi connectivity index (χ2n) is 2.78. The van der Waals surface area contributed by atoms with E-state index in [0.29, 0.717) is 6.61 Å². The highest BCUT2D eigenvalue weighted by atomic mass is 35.5. The molecule has 3 N–H and O–H groups in total. The average Bonchev–Trinajstić information content (AvgIpc) is 2.03. The number of rotatable bonds is 3. The molecule has 1 atom stereocenters. The van der Waals surface area contributed by atoms with Crippen LogP contribution in [0.2, 0.25) is 0 Å². The Morgan fingerprint density at radius 2 is 1.93 bits per heavy atom. The minimum absolute atomic E-state index is 0.0208. The molecule has 0 rings (SSSR count). The van der Waals surface area contributed by atoms with Gasteiger partial charge in [0.1, 0.15) is 6.04 Å². The van der Waals surface area contributed by atoms with Crippen molar-refractivity contribution in [2.45, 2.75) is 26.8 Å². The summed E-state index contributed by atoms with van der Waals surface area (Å²) in [6, 6.07) is -0.713. The lowest BCUT2D eigenvalue weighted by atomic mass is 10.1. The Bertz CT molecular complexity index is 184. The average molecular weight is 226 g/mol. The van der Waals surface area contributed by atoms with E-state index < -0.39 is 17.4 Å². The first-order valence-electron chi connectivity index (χ1n) is 4.13. The summed E-state index contributed by atoms with van der Waals surface area (Å²) in [5.41, 5.74) is 4.42. The third-order valence-corrected chi connectivity index (χ3v) is 1.37. The minimum atomic E-state index is -0.931. The smallest absolute Gasteiger partial charge is 0.403 e. The lowest BCUT2D eigenvalue weighted by molar-refractivity contribution is -0.139. The monoisotopic (exact) mass is 225 g/mol. The van der Waals surface area contributed by atoms with Crippen LogP contribution in [0.25, 0.3) is 0 Å². The Labute approximate surface area is 88.2 Å². The zero-order valence-electron chi connectivity index (χ0n) is 8.49. The maximum atomic E-state index is 10.0. The van der Waals surface area contributed by atoms with E-state index in [9.17, 15) is 9.59 Å². The van der Waals surface area contributed by atoms with Crippen molar-refractivity contribution in [1.29, 1.82) is 0 Å². The standard InChI is InChI=1S/C5H11NO2.C3H5ClO2/c1-3(2)4(6)5(7)8;1-2-6-3(4)5/h3-4H,6H2,1-2H3,(H,7,8);2H2,1H3. The van der Waals surface area contributed by atoms with Gasteiger partial charge in [0, 0.05) is 11.6 Å². The molecular formula is C8H16ClNO4. The number of halogens is 1. The fraction of sp³-hybridized carbons (Fsp3) is 0.750. The molecule has 14 heavy (non-hydrogen) atoms. The third-order valence-electron chi connectivity index (χ3n) is 1.26. The maximum absolute atomic E-state index is 10.0. The molecule has 0 spiro atoms. The second kappa shape index (κ2) is 8.77. The molecule has 0 fully saturated rings. The first kappa shape index (κ1) is 15.7. The van der Waals surface area contributed by atoms with Crippen molar-refractivity contribution < 1.29 is 19.4 Å². The van der Waals surface area contributed by atoms with Crippen LogP contribution in [-0.4, -0.2) is 29.2 Å². The van der Waals surface area contributed by atoms with Gasteiger partial charge in [-0.3, -0.25) is 4.79 Å². The summed E-state index contributed by atoms with van der Waals surface area (Å²) < 4.78 is 4.17. The van der Waals surface area contributed by atoms with Crippen molar-refractivity contribution in [3.63, 3.8) is 0 Å². The largest absolute Gasteiger partial charge is 0.480 e. The van der Waals surface area contributed by atoms with Crippen molar-refractivity contribution in [1.82, 2.24) is 0 Å². The number of aliphatic carboxylic acids is 1. The lowest BCUT2D eigenvalue weighted by Crippen LogP contribution is -2.34. The quantitative estimate of drug-likeness (QED) is 0.710. The lowest BCUT2D eigenvalue weighted by Gasteiger charge is -2.07. The van der Waals surface area contributed by atoms with E-state index in [4.69, 9.17) is 22.4 Å². The van der Waals surface area contributed by atoms with Gasteiger partial charge < -0.3 is 15.6 Å². The molecule has 0 aromatic carbocycles. The Balaban J connectivity index is 0. The van der Waals surface area contributed by atoms with Crippen molar-refractivity contribution in [2.75, 3.05) is 6.61 Å². The normalized spacial score (nSPS) is 11.3. The van der Waals surface area contributed by atoms with E-state index in [2.05, 4.69) is 4.74 Å². The van der Waals surface area contributed by atoms with Gasteiger partial charge in [-0.1, -0.05) is 13.8 Å². The van der Waals surface area contributed by atoms with E-state index in [1.54, 1.807) is 20.8 Å². The van der Waals surface area contributed by atoms with Crippen LogP contribution in [0.15, 0.2) is 0 Å². The van der Waals surface area contributed by atoms with Gasteiger partial charge in [0.2, 0.25) is 0 Å². The summed E-state index contributed by atoms with van der Waals surface area (Å²) in [4.78, 5) is 19.6. The molecule has 0 aliphatic heterocycles. The van der Waals surface area contributed by atoms with Crippen molar-refractivity contribution in [2.24, 2.45) is 11.7 Å². The number of carboxylic acids is 1. The van der Waals surface area contributed by atoms with Crippen LogP contribution in [0, 0.1) is 5.92 Å². The fourth-order valence-electron chi connectivity index (χ4n) is 0.399. The van der Waals surface area contributed by atoms with Crippen molar-refractivity contribution >= 4 is 23.0 Å². The van der Waals surface area contributed by atoms with Crippen molar-refractivity contribution in [3.05, 3.63) is 0 Å². The van der Waals surface area contributed by atoms with Crippen LogP contribution in [0.1, 0.15) is 20.8 Å². The Kier molecular flexibility index (Phi) is 9.81. The van der Waals surface area contributed by atoms with Crippen LogP contribution >= 0.6 is 11.6 Å². The molecule has 0 aromatic rings. The Hall–Kier alpha value is -0.810. The summed E-state index contributed by atoms with van der Waals surface area (Å²) in [7, 11) is 0. The molecule has 0 saturated heterocycles. The van der Waals surface area contributed by atoms with E-state index in [1.165, 1.54) is 0 Å². The summed E-state index contributed by atoms with van der Waals surface area (Å²) in [6.45, 7) is 5.60. The highest BCUT2D eigenvalue weighted by Crippen LogP contribution is 1.96. The SMILES string of the molecule is CC(C)C(N)C(=O)O.CCOC(=O)Cl. The minimum Gasteiger partial charge on any atom is -0.480 e. The first-order chi connectivity index (χ1) is 6.32. The Morgan fingerprint density at radius 1 is 1.50 bits per heavy atom. The van der Waals surface area contributed by atoms with Crippen molar-refractivity contribution in [3.8, 4) is 0 Å². The second-order valence-corrected chi connectivity index (χ2v) is 3.09. The number of carboxylic acid groups (broad SMARTS) is 1. The fourth-order valence-corrected chi connectivity index (χ4v) is 0.508. The van der Waals surface area contributed by atoms with E-state index in [0.717, 1.165) is 0 Å². The molecule has 0 aliphatic carbocycles. The number of carbonyl (C=O) groups is 2. The molecule has 1 unspecified atom stereocenters. The van der Waals surface area contributed by atoms with Crippen LogP contribution < -0.4 is 5.73 Å². The summed E-state index contributed by atoms with van der Waals surface area (Å²) >= 11 is 4.72. The van der Waals surface area contributed by atoms with Gasteiger partial charge in [-0.05, 0) is 12.8 Å². The van der Waals surface area contributed by atoms with E-state index in [-0.39, 0.29) is 5.92 Å². The molecule has 0 aromatic heterocycles. The van der Waals surface area contributed by atoms with E-state index in [1.807, 2.05) is 0 Å². The molecule has 0 heterocycles. The molecule has 0 radical (unpaired) electrons. The molecule has 0 saturated carbocycles. The van der Waals surface area contributed by atoms with E-state index >= 15 is 0 Å². The maximum Gasteiger partial charge on any atom is 0.403 e. The van der Waals surface area contributed by atoms with Gasteiger partial charge in [-0.15, -0.1) is 0 Å². The molecule has 0 amide bonds. The number of carbonyl (C=O) groups excluding carboxylic acids is 1. The first-order valence-corrected chi connectivity index (χ1v) is 4.51. The van der Waals surface area contributed by atoms with Gasteiger partial charge in [-0.25, -0.2) is 4.79 Å². The van der Waals surface area contributed by atoms with Crippen LogP contribution in [0.3, 0.4) is 0 Å². The highest BCUT2D eigenvalue weighted by molar-refractivity contribution is 6.61. The molecule has 0 aliphatic rings. The summed E-state index contributed by atoms with van der Waals surface area (Å²) in [6.07, 6.45) is 0. The predicted molar refractivity (Wildman–Crippen MR) is 53.3 cm³/mol. The number of hydrogen-bond donors (Lipinski definition) is 2. The van der Waals surface area contributed by atoms with Gasteiger partial charge in [-0.2, -0.15) is 0 Å². The Morgan fingerprint density at radius 3 is 1.93 bits per heavy atom. The molecule has 0 bridgehead atoms. The van der Waals surface area contributed by atoms with Gasteiger partial charge >= 0.3 is 11.4 Å². The topological polar surface area (TPSA) is 89.6 Å². The van der Waals surface area contributed by atoms with Gasteiger partial charge in [0.15, 0.2) is 0 Å². The number of ether oxygens (including phenoxy) is 1. The summed E-state index contributed by atoms with van der Waals surface area (Å²) in [5, 5.41) is 8.23. The summed E-state index contributed by atoms with van der Waals surface area (Å²) in [5.74, 6) is -0.910. The zero-order chi connectivity index (χ0) is 11.7. The zero-order valence-corrected chi connectivity index (χ0v) is 9.25. The molecule has 6 heteroatoms. The van der Waals surface area contributed by atoms with Crippen LogP contribution in [0.5, 0.6) is 0 Å². The van der Waals surface area contributed by atoms with Crippen LogP contribution in [0.4, 0.5) is 4.79 Å². The molecule has 84 valence electrons. The van der Waals surface area contributed by atoms with Gasteiger partial charge in [0.25, 0.3) is 0 Å². The third kappa shape index (κ3) is 11.2. The highest BCUT2D eigenvalue weighted by Gasteiger charge is 2.14. The molecular weight excluding hydrogens is 210 g/mol. The molecule has 5 nitrogen and oxygen atoms in total. The number of hydrogen-bond acceptors (Lipinski definition) is 4. The van der Waals surface area contributed by atoms with Crippen LogP contribution in [-0.2, 0) is 9.53 Å². The predicted octanol–water partition coefficient (Wildman–Crippen LogP) is 1.44. The number of nitrogens with two attached hydrogens (primary N) is 1.